The van der Waals surface area contributed by atoms with Gasteiger partial charge in [-0.05, 0) is 30.2 Å². The molecule has 0 aromatic heterocycles. The molecular weight excluding hydrogens is 342 g/mol. The van der Waals surface area contributed by atoms with E-state index in [1.165, 1.54) is 19.5 Å². The number of carbonyl (C=O) groups excluding carboxylic acids is 1. The normalized spacial score (nSPS) is 13.7. The first-order chi connectivity index (χ1) is 11.8. The second kappa shape index (κ2) is 7.67. The lowest BCUT2D eigenvalue weighted by Crippen LogP contribution is -2.51. The Balaban J connectivity index is 2.35. The van der Waals surface area contributed by atoms with Gasteiger partial charge in [-0.1, -0.05) is 42.5 Å². The van der Waals surface area contributed by atoms with Gasteiger partial charge in [0.15, 0.2) is 14.6 Å². The van der Waals surface area contributed by atoms with Gasteiger partial charge in [-0.3, -0.25) is 10.0 Å². The summed E-state index contributed by atoms with van der Waals surface area (Å²) in [4.78, 5) is 12.2. The van der Waals surface area contributed by atoms with E-state index < -0.39 is 20.5 Å². The minimum Gasteiger partial charge on any atom is -0.497 e. The fourth-order valence-electron chi connectivity index (χ4n) is 2.54. The molecule has 0 fully saturated rings. The van der Waals surface area contributed by atoms with E-state index in [0.29, 0.717) is 16.9 Å². The molecule has 0 aliphatic heterocycles. The van der Waals surface area contributed by atoms with Crippen molar-refractivity contribution in [2.75, 3.05) is 7.11 Å². The van der Waals surface area contributed by atoms with Crippen LogP contribution in [0.5, 0.6) is 5.75 Å². The minimum atomic E-state index is -3.92. The Bertz CT molecular complexity index is 818. The van der Waals surface area contributed by atoms with E-state index in [2.05, 4.69) is 0 Å². The minimum absolute atomic E-state index is 0.0429. The molecule has 6 nitrogen and oxygen atoms in total. The lowest BCUT2D eigenvalue weighted by atomic mass is 10.00. The van der Waals surface area contributed by atoms with Crippen LogP contribution in [0.15, 0.2) is 54.6 Å². The van der Waals surface area contributed by atoms with Crippen LogP contribution in [0, 0.1) is 0 Å². The first-order valence-electron chi connectivity index (χ1n) is 7.66. The number of ether oxygens (including phenoxy) is 1. The highest BCUT2D eigenvalue weighted by Gasteiger charge is 2.46. The third-order valence-corrected chi connectivity index (χ3v) is 6.58. The molecule has 0 spiro atoms. The van der Waals surface area contributed by atoms with E-state index in [-0.39, 0.29) is 12.2 Å². The van der Waals surface area contributed by atoms with Gasteiger partial charge in [0.05, 0.1) is 12.9 Å². The highest BCUT2D eigenvalue weighted by atomic mass is 32.2. The maximum Gasteiger partial charge on any atom is 0.264 e. The Labute approximate surface area is 147 Å². The standard InChI is InChI=1S/C18H21NO5S/c1-18(17(20)19-21,12-14-6-4-3-5-7-14)25(22,23)13-15-8-10-16(24-2)11-9-15/h3-11,21H,12-13H2,1-2H3,(H,19,20). The van der Waals surface area contributed by atoms with Gasteiger partial charge in [0.2, 0.25) is 0 Å². The first-order valence-corrected chi connectivity index (χ1v) is 9.31. The quantitative estimate of drug-likeness (QED) is 0.581. The Hall–Kier alpha value is -2.38. The molecule has 2 aromatic carbocycles. The maximum atomic E-state index is 13.0. The molecule has 0 aliphatic carbocycles. The molecule has 7 heteroatoms. The van der Waals surface area contributed by atoms with Gasteiger partial charge in [-0.2, -0.15) is 0 Å². The van der Waals surface area contributed by atoms with Gasteiger partial charge in [0.1, 0.15) is 5.75 Å². The fraction of sp³-hybridized carbons (Fsp3) is 0.278. The summed E-state index contributed by atoms with van der Waals surface area (Å²) in [6.45, 7) is 1.32. The van der Waals surface area contributed by atoms with Crippen LogP contribution in [0.1, 0.15) is 18.1 Å². The van der Waals surface area contributed by atoms with E-state index in [1.807, 2.05) is 0 Å². The number of rotatable bonds is 7. The molecule has 1 atom stereocenters. The molecule has 0 saturated heterocycles. The molecule has 0 bridgehead atoms. The number of nitrogens with one attached hydrogen (secondary N) is 1. The number of benzene rings is 2. The molecule has 0 aliphatic rings. The summed E-state index contributed by atoms with van der Waals surface area (Å²) in [6, 6.07) is 15.4. The van der Waals surface area contributed by atoms with Gasteiger partial charge in [0, 0.05) is 6.42 Å². The van der Waals surface area contributed by atoms with Crippen molar-refractivity contribution >= 4 is 15.7 Å². The third-order valence-electron chi connectivity index (χ3n) is 4.17. The SMILES string of the molecule is COc1ccc(CS(=O)(=O)C(C)(Cc2ccccc2)C(=O)NO)cc1. The van der Waals surface area contributed by atoms with E-state index in [4.69, 9.17) is 9.94 Å². The van der Waals surface area contributed by atoms with Crippen LogP contribution in [0.3, 0.4) is 0 Å². The lowest BCUT2D eigenvalue weighted by molar-refractivity contribution is -0.131. The lowest BCUT2D eigenvalue weighted by Gasteiger charge is -2.27. The van der Waals surface area contributed by atoms with Crippen molar-refractivity contribution in [3.8, 4) is 5.75 Å². The highest BCUT2D eigenvalue weighted by Crippen LogP contribution is 2.27. The second-order valence-electron chi connectivity index (χ2n) is 5.94. The molecule has 134 valence electrons. The fourth-order valence-corrected chi connectivity index (χ4v) is 4.20. The summed E-state index contributed by atoms with van der Waals surface area (Å²) < 4.78 is 29.2. The van der Waals surface area contributed by atoms with Gasteiger partial charge in [0.25, 0.3) is 5.91 Å². The van der Waals surface area contributed by atoms with Crippen molar-refractivity contribution in [2.45, 2.75) is 23.8 Å². The average Bonchev–Trinajstić information content (AvgIpc) is 2.62. The van der Waals surface area contributed by atoms with E-state index >= 15 is 0 Å². The molecule has 2 N–H and O–H groups in total. The van der Waals surface area contributed by atoms with Crippen LogP contribution < -0.4 is 10.2 Å². The molecule has 25 heavy (non-hydrogen) atoms. The Kier molecular flexibility index (Phi) is 5.81. The Morgan fingerprint density at radius 3 is 2.20 bits per heavy atom. The van der Waals surface area contributed by atoms with Gasteiger partial charge in [-0.15, -0.1) is 0 Å². The smallest absolute Gasteiger partial charge is 0.264 e. The van der Waals surface area contributed by atoms with Crippen LogP contribution in [0.4, 0.5) is 0 Å². The summed E-state index contributed by atoms with van der Waals surface area (Å²) in [5, 5.41) is 9.07. The largest absolute Gasteiger partial charge is 0.497 e. The molecule has 1 amide bonds. The monoisotopic (exact) mass is 363 g/mol. The van der Waals surface area contributed by atoms with Gasteiger partial charge < -0.3 is 4.74 Å². The molecule has 2 rings (SSSR count). The van der Waals surface area contributed by atoms with Crippen LogP contribution in [-0.2, 0) is 26.8 Å². The number of hydrogen-bond acceptors (Lipinski definition) is 5. The summed E-state index contributed by atoms with van der Waals surface area (Å²) in [6.07, 6.45) is -0.0429. The summed E-state index contributed by atoms with van der Waals surface area (Å²) in [5.41, 5.74) is 2.72. The number of hydrogen-bond donors (Lipinski definition) is 2. The van der Waals surface area contributed by atoms with Crippen LogP contribution in [-0.4, -0.2) is 31.4 Å². The summed E-state index contributed by atoms with van der Waals surface area (Å²) in [7, 11) is -2.39. The third kappa shape index (κ3) is 4.18. The zero-order valence-electron chi connectivity index (χ0n) is 14.1. The predicted molar refractivity (Wildman–Crippen MR) is 94.1 cm³/mol. The molecule has 1 unspecified atom stereocenters. The van der Waals surface area contributed by atoms with Gasteiger partial charge >= 0.3 is 0 Å². The number of amides is 1. The van der Waals surface area contributed by atoms with Crippen molar-refractivity contribution < 1.29 is 23.2 Å². The molecule has 0 heterocycles. The van der Waals surface area contributed by atoms with Crippen LogP contribution in [0.25, 0.3) is 0 Å². The molecule has 0 radical (unpaired) electrons. The molecular formula is C18H21NO5S. The second-order valence-corrected chi connectivity index (χ2v) is 8.36. The first kappa shape index (κ1) is 19.0. The van der Waals surface area contributed by atoms with Crippen molar-refractivity contribution in [2.24, 2.45) is 0 Å². The van der Waals surface area contributed by atoms with Gasteiger partial charge in [-0.25, -0.2) is 13.9 Å². The average molecular weight is 363 g/mol. The maximum absolute atomic E-state index is 13.0. The zero-order chi connectivity index (χ0) is 18.5. The highest BCUT2D eigenvalue weighted by molar-refractivity contribution is 7.92. The van der Waals surface area contributed by atoms with E-state index in [0.717, 1.165) is 0 Å². The summed E-state index contributed by atoms with van der Waals surface area (Å²) in [5.74, 6) is -0.667. The number of methoxy groups -OCH3 is 1. The van der Waals surface area contributed by atoms with Crippen molar-refractivity contribution in [1.82, 2.24) is 5.48 Å². The van der Waals surface area contributed by atoms with E-state index in [9.17, 15) is 13.2 Å². The zero-order valence-corrected chi connectivity index (χ0v) is 14.9. The number of hydroxylamine groups is 1. The van der Waals surface area contributed by atoms with Crippen molar-refractivity contribution in [3.05, 3.63) is 65.7 Å². The van der Waals surface area contributed by atoms with Crippen molar-refractivity contribution in [1.29, 1.82) is 0 Å². The number of carbonyl (C=O) groups is 1. The summed E-state index contributed by atoms with van der Waals surface area (Å²) >= 11 is 0. The van der Waals surface area contributed by atoms with Crippen LogP contribution in [0.2, 0.25) is 0 Å². The van der Waals surface area contributed by atoms with Crippen LogP contribution >= 0.6 is 0 Å². The molecule has 0 saturated carbocycles. The van der Waals surface area contributed by atoms with Crippen molar-refractivity contribution in [3.63, 3.8) is 0 Å². The molecule has 2 aromatic rings. The topological polar surface area (TPSA) is 92.7 Å². The number of sulfone groups is 1. The van der Waals surface area contributed by atoms with E-state index in [1.54, 1.807) is 54.6 Å². The predicted octanol–water partition coefficient (Wildman–Crippen LogP) is 2.12. The Morgan fingerprint density at radius 2 is 1.68 bits per heavy atom. The Morgan fingerprint density at radius 1 is 1.08 bits per heavy atom.